The van der Waals surface area contributed by atoms with E-state index in [0.29, 0.717) is 17.7 Å². The summed E-state index contributed by atoms with van der Waals surface area (Å²) in [5.74, 6) is -0.631. The molecule has 128 valence electrons. The lowest BCUT2D eigenvalue weighted by Crippen LogP contribution is -2.31. The van der Waals surface area contributed by atoms with Crippen LogP contribution in [-0.2, 0) is 4.74 Å². The molecule has 0 aliphatic carbocycles. The molecule has 3 aromatic rings. The Balaban J connectivity index is 1.69. The number of methoxy groups -OCH3 is 1. The van der Waals surface area contributed by atoms with Gasteiger partial charge in [-0.25, -0.2) is 4.79 Å². The molecule has 0 spiro atoms. The molecule has 1 unspecified atom stereocenters. The molecule has 25 heavy (non-hydrogen) atoms. The first-order valence-corrected chi connectivity index (χ1v) is 8.56. The van der Waals surface area contributed by atoms with Crippen molar-refractivity contribution in [3.05, 3.63) is 76.2 Å². The van der Waals surface area contributed by atoms with E-state index in [-0.39, 0.29) is 11.9 Å². The first-order chi connectivity index (χ1) is 12.2. The number of hydrogen-bond acceptors (Lipinski definition) is 5. The largest absolute Gasteiger partial charge is 0.465 e. The minimum absolute atomic E-state index is 0.0618. The fraction of sp³-hybridized carbons (Fsp3) is 0.167. The summed E-state index contributed by atoms with van der Waals surface area (Å²) in [7, 11) is 1.32. The van der Waals surface area contributed by atoms with Crippen molar-refractivity contribution in [2.24, 2.45) is 0 Å². The van der Waals surface area contributed by atoms with Crippen LogP contribution in [0.4, 0.5) is 0 Å². The highest BCUT2D eigenvalue weighted by Gasteiger charge is 2.17. The van der Waals surface area contributed by atoms with Crippen molar-refractivity contribution < 1.29 is 14.3 Å². The van der Waals surface area contributed by atoms with Crippen molar-refractivity contribution >= 4 is 23.2 Å². The Morgan fingerprint density at radius 2 is 1.96 bits per heavy atom. The van der Waals surface area contributed by atoms with Crippen LogP contribution >= 0.6 is 11.3 Å². The molecule has 1 N–H and O–H groups in total. The molecule has 2 aromatic heterocycles. The van der Waals surface area contributed by atoms with E-state index in [1.807, 2.05) is 34.5 Å². The third kappa shape index (κ3) is 3.95. The molecule has 0 fully saturated rings. The van der Waals surface area contributed by atoms with E-state index in [4.69, 9.17) is 0 Å². The number of benzene rings is 1. The average Bonchev–Trinajstić information content (AvgIpc) is 3.35. The molecular formula is C18H17N3O3S. The van der Waals surface area contributed by atoms with Crippen molar-refractivity contribution in [1.82, 2.24) is 15.1 Å². The van der Waals surface area contributed by atoms with Crippen LogP contribution in [0.2, 0.25) is 0 Å². The molecule has 3 rings (SSSR count). The normalized spacial score (nSPS) is 11.7. The van der Waals surface area contributed by atoms with Gasteiger partial charge in [0.1, 0.15) is 6.04 Å². The Hall–Kier alpha value is -2.93. The maximum Gasteiger partial charge on any atom is 0.337 e. The van der Waals surface area contributed by atoms with Crippen LogP contribution in [0.25, 0.3) is 0 Å². The fourth-order valence-corrected chi connectivity index (χ4v) is 3.26. The predicted octanol–water partition coefficient (Wildman–Crippen LogP) is 2.75. The van der Waals surface area contributed by atoms with Gasteiger partial charge in [0.15, 0.2) is 0 Å². The highest BCUT2D eigenvalue weighted by atomic mass is 32.1. The van der Waals surface area contributed by atoms with Gasteiger partial charge in [-0.15, -0.1) is 11.3 Å². The van der Waals surface area contributed by atoms with Gasteiger partial charge in [0.25, 0.3) is 5.91 Å². The number of carbonyl (C=O) groups is 2. The maximum atomic E-state index is 12.4. The summed E-state index contributed by atoms with van der Waals surface area (Å²) in [5, 5.41) is 9.21. The molecule has 6 nitrogen and oxygen atoms in total. The molecule has 1 amide bonds. The third-order valence-corrected chi connectivity index (χ3v) is 4.71. The van der Waals surface area contributed by atoms with E-state index >= 15 is 0 Å². The molecule has 0 bridgehead atoms. The van der Waals surface area contributed by atoms with E-state index in [2.05, 4.69) is 15.2 Å². The summed E-state index contributed by atoms with van der Waals surface area (Å²) in [5.41, 5.74) is 0.894. The molecule has 0 aliphatic heterocycles. The fourth-order valence-electron chi connectivity index (χ4n) is 2.44. The SMILES string of the molecule is COC(=O)c1ccc(C(=O)NCC(c2cccs2)n2cccn2)cc1. The molecule has 0 saturated carbocycles. The number of amides is 1. The highest BCUT2D eigenvalue weighted by Crippen LogP contribution is 2.22. The predicted molar refractivity (Wildman–Crippen MR) is 94.8 cm³/mol. The summed E-state index contributed by atoms with van der Waals surface area (Å²) >= 11 is 1.62. The van der Waals surface area contributed by atoms with Crippen LogP contribution in [0, 0.1) is 0 Å². The monoisotopic (exact) mass is 355 g/mol. The van der Waals surface area contributed by atoms with Gasteiger partial charge < -0.3 is 10.1 Å². The second kappa shape index (κ2) is 7.76. The number of thiophene rings is 1. The molecule has 2 heterocycles. The third-order valence-electron chi connectivity index (χ3n) is 3.74. The van der Waals surface area contributed by atoms with Gasteiger partial charge in [-0.3, -0.25) is 9.48 Å². The molecule has 0 saturated heterocycles. The number of hydrogen-bond donors (Lipinski definition) is 1. The molecular weight excluding hydrogens is 338 g/mol. The summed E-state index contributed by atoms with van der Waals surface area (Å²) in [6, 6.07) is 12.2. The zero-order valence-electron chi connectivity index (χ0n) is 13.6. The van der Waals surface area contributed by atoms with E-state index < -0.39 is 5.97 Å². The van der Waals surface area contributed by atoms with Crippen molar-refractivity contribution in [2.75, 3.05) is 13.7 Å². The van der Waals surface area contributed by atoms with Gasteiger partial charge in [-0.05, 0) is 41.8 Å². The zero-order chi connectivity index (χ0) is 17.6. The lowest BCUT2D eigenvalue weighted by Gasteiger charge is -2.17. The minimum Gasteiger partial charge on any atom is -0.465 e. The first kappa shape index (κ1) is 16.9. The smallest absolute Gasteiger partial charge is 0.337 e. The Kier molecular flexibility index (Phi) is 5.25. The van der Waals surface area contributed by atoms with Crippen LogP contribution in [0.5, 0.6) is 0 Å². The summed E-state index contributed by atoms with van der Waals surface area (Å²) in [6.07, 6.45) is 3.59. The second-order valence-electron chi connectivity index (χ2n) is 5.30. The Labute approximate surface area is 149 Å². The Bertz CT molecular complexity index is 793. The van der Waals surface area contributed by atoms with Crippen LogP contribution in [0.15, 0.2) is 60.2 Å². The van der Waals surface area contributed by atoms with Gasteiger partial charge in [0.05, 0.1) is 12.7 Å². The van der Waals surface area contributed by atoms with Crippen LogP contribution in [0.3, 0.4) is 0 Å². The quantitative estimate of drug-likeness (QED) is 0.690. The summed E-state index contributed by atoms with van der Waals surface area (Å²) in [6.45, 7) is 0.416. The van der Waals surface area contributed by atoms with Crippen molar-refractivity contribution in [1.29, 1.82) is 0 Å². The molecule has 0 aliphatic rings. The lowest BCUT2D eigenvalue weighted by atomic mass is 10.1. The maximum absolute atomic E-state index is 12.4. The number of rotatable bonds is 6. The number of esters is 1. The average molecular weight is 355 g/mol. The lowest BCUT2D eigenvalue weighted by molar-refractivity contribution is 0.0600. The number of aromatic nitrogens is 2. The summed E-state index contributed by atoms with van der Waals surface area (Å²) < 4.78 is 6.48. The molecule has 1 aromatic carbocycles. The van der Waals surface area contributed by atoms with Gasteiger partial charge in [-0.1, -0.05) is 6.07 Å². The van der Waals surface area contributed by atoms with Crippen molar-refractivity contribution in [3.63, 3.8) is 0 Å². The number of carbonyl (C=O) groups excluding carboxylic acids is 2. The van der Waals surface area contributed by atoms with E-state index in [0.717, 1.165) is 4.88 Å². The van der Waals surface area contributed by atoms with Crippen molar-refractivity contribution in [2.45, 2.75) is 6.04 Å². The molecule has 7 heteroatoms. The Morgan fingerprint density at radius 1 is 1.20 bits per heavy atom. The van der Waals surface area contributed by atoms with Gasteiger partial charge >= 0.3 is 5.97 Å². The number of nitrogens with zero attached hydrogens (tertiary/aromatic N) is 2. The van der Waals surface area contributed by atoms with E-state index in [9.17, 15) is 9.59 Å². The van der Waals surface area contributed by atoms with Crippen LogP contribution in [-0.4, -0.2) is 35.3 Å². The minimum atomic E-state index is -0.427. The van der Waals surface area contributed by atoms with Crippen molar-refractivity contribution in [3.8, 4) is 0 Å². The number of ether oxygens (including phenoxy) is 1. The highest BCUT2D eigenvalue weighted by molar-refractivity contribution is 7.10. The van der Waals surface area contributed by atoms with Crippen LogP contribution < -0.4 is 5.32 Å². The zero-order valence-corrected chi connectivity index (χ0v) is 14.4. The van der Waals surface area contributed by atoms with E-state index in [1.165, 1.54) is 7.11 Å². The standard InChI is InChI=1S/C18H17N3O3S/c1-24-18(23)14-7-5-13(6-8-14)17(22)19-12-15(16-4-2-11-25-16)21-10-3-9-20-21/h2-11,15H,12H2,1H3,(H,19,22). The number of nitrogens with one attached hydrogen (secondary N) is 1. The first-order valence-electron chi connectivity index (χ1n) is 7.68. The van der Waals surface area contributed by atoms with Gasteiger partial charge in [0.2, 0.25) is 0 Å². The second-order valence-corrected chi connectivity index (χ2v) is 6.28. The Morgan fingerprint density at radius 3 is 2.56 bits per heavy atom. The molecule has 0 radical (unpaired) electrons. The summed E-state index contributed by atoms with van der Waals surface area (Å²) in [4.78, 5) is 24.9. The topological polar surface area (TPSA) is 73.2 Å². The van der Waals surface area contributed by atoms with Crippen LogP contribution in [0.1, 0.15) is 31.6 Å². The van der Waals surface area contributed by atoms with E-state index in [1.54, 1.807) is 41.8 Å². The molecule has 1 atom stereocenters. The van der Waals surface area contributed by atoms with Gasteiger partial charge in [-0.2, -0.15) is 5.10 Å². The van der Waals surface area contributed by atoms with Gasteiger partial charge in [0, 0.05) is 29.4 Å².